The molecule has 0 radical (unpaired) electrons. The van der Waals surface area contributed by atoms with Crippen molar-refractivity contribution in [3.8, 4) is 11.5 Å². The highest BCUT2D eigenvalue weighted by Gasteiger charge is 2.29. The van der Waals surface area contributed by atoms with Crippen LogP contribution >= 0.6 is 0 Å². The van der Waals surface area contributed by atoms with E-state index in [2.05, 4.69) is 15.5 Å². The smallest absolute Gasteiger partial charge is 0.268 e. The fraction of sp³-hybridized carbons (Fsp3) is 0.381. The molecule has 1 aliphatic heterocycles. The SMILES string of the molecule is COc1ccc(NC(=O)C2CC(c3cccnc3)=NO2)cc1OC1CCCC1. The molecule has 7 heteroatoms. The fourth-order valence-electron chi connectivity index (χ4n) is 3.48. The molecule has 28 heavy (non-hydrogen) atoms. The second-order valence-corrected chi connectivity index (χ2v) is 6.96. The molecule has 0 bridgehead atoms. The Labute approximate surface area is 163 Å². The molecule has 1 amide bonds. The van der Waals surface area contributed by atoms with Crippen molar-refractivity contribution < 1.29 is 19.1 Å². The lowest BCUT2D eigenvalue weighted by molar-refractivity contribution is -0.125. The summed E-state index contributed by atoms with van der Waals surface area (Å²) in [6.45, 7) is 0. The summed E-state index contributed by atoms with van der Waals surface area (Å²) in [6.07, 6.45) is 7.79. The number of pyridine rings is 1. The van der Waals surface area contributed by atoms with Gasteiger partial charge in [-0.3, -0.25) is 9.78 Å². The normalized spacial score (nSPS) is 19.0. The zero-order valence-electron chi connectivity index (χ0n) is 15.8. The number of hydrogen-bond acceptors (Lipinski definition) is 6. The van der Waals surface area contributed by atoms with Gasteiger partial charge in [0.2, 0.25) is 6.10 Å². The van der Waals surface area contributed by atoms with Crippen LogP contribution in [-0.2, 0) is 9.63 Å². The third-order valence-corrected chi connectivity index (χ3v) is 4.98. The molecule has 1 saturated carbocycles. The van der Waals surface area contributed by atoms with Gasteiger partial charge >= 0.3 is 0 Å². The van der Waals surface area contributed by atoms with Crippen molar-refractivity contribution in [1.29, 1.82) is 0 Å². The molecule has 2 heterocycles. The molecule has 0 saturated heterocycles. The highest BCUT2D eigenvalue weighted by Crippen LogP contribution is 2.34. The Morgan fingerprint density at radius 3 is 2.82 bits per heavy atom. The zero-order chi connectivity index (χ0) is 19.3. The molecule has 1 aromatic heterocycles. The Kier molecular flexibility index (Phi) is 5.41. The fourth-order valence-corrected chi connectivity index (χ4v) is 3.48. The van der Waals surface area contributed by atoms with Gasteiger partial charge in [0.1, 0.15) is 0 Å². The quantitative estimate of drug-likeness (QED) is 0.828. The summed E-state index contributed by atoms with van der Waals surface area (Å²) in [7, 11) is 1.61. The van der Waals surface area contributed by atoms with Gasteiger partial charge < -0.3 is 19.6 Å². The van der Waals surface area contributed by atoms with Crippen LogP contribution in [0.15, 0.2) is 47.9 Å². The number of rotatable bonds is 6. The number of benzene rings is 1. The Balaban J connectivity index is 1.40. The summed E-state index contributed by atoms with van der Waals surface area (Å²) < 4.78 is 11.5. The highest BCUT2D eigenvalue weighted by atomic mass is 16.6. The van der Waals surface area contributed by atoms with E-state index in [1.165, 1.54) is 12.8 Å². The van der Waals surface area contributed by atoms with Gasteiger partial charge in [0.25, 0.3) is 5.91 Å². The van der Waals surface area contributed by atoms with Gasteiger partial charge in [-0.15, -0.1) is 0 Å². The summed E-state index contributed by atoms with van der Waals surface area (Å²) in [5, 5.41) is 6.92. The Bertz CT molecular complexity index is 863. The van der Waals surface area contributed by atoms with E-state index in [1.54, 1.807) is 37.7 Å². The van der Waals surface area contributed by atoms with E-state index in [9.17, 15) is 4.79 Å². The first kappa shape index (κ1) is 18.3. The predicted molar refractivity (Wildman–Crippen MR) is 105 cm³/mol. The largest absolute Gasteiger partial charge is 0.493 e. The van der Waals surface area contributed by atoms with E-state index in [0.717, 1.165) is 18.4 Å². The maximum atomic E-state index is 12.6. The lowest BCUT2D eigenvalue weighted by Crippen LogP contribution is -2.28. The number of methoxy groups -OCH3 is 1. The van der Waals surface area contributed by atoms with Gasteiger partial charge in [0.15, 0.2) is 11.5 Å². The molecule has 4 rings (SSSR count). The van der Waals surface area contributed by atoms with Crippen LogP contribution < -0.4 is 14.8 Å². The first-order valence-corrected chi connectivity index (χ1v) is 9.51. The van der Waals surface area contributed by atoms with Crippen LogP contribution in [-0.4, -0.2) is 35.9 Å². The molecule has 1 aromatic carbocycles. The van der Waals surface area contributed by atoms with Gasteiger partial charge in [-0.25, -0.2) is 0 Å². The topological polar surface area (TPSA) is 82.0 Å². The zero-order valence-corrected chi connectivity index (χ0v) is 15.8. The minimum absolute atomic E-state index is 0.202. The Morgan fingerprint density at radius 2 is 2.07 bits per heavy atom. The maximum Gasteiger partial charge on any atom is 0.268 e. The number of carbonyl (C=O) groups excluding carboxylic acids is 1. The summed E-state index contributed by atoms with van der Waals surface area (Å²) >= 11 is 0. The molecule has 1 unspecified atom stereocenters. The number of amides is 1. The summed E-state index contributed by atoms with van der Waals surface area (Å²) in [4.78, 5) is 22.0. The van der Waals surface area contributed by atoms with Crippen LogP contribution in [0.5, 0.6) is 11.5 Å². The molecule has 2 aromatic rings. The minimum atomic E-state index is -0.670. The number of ether oxygens (including phenoxy) is 2. The van der Waals surface area contributed by atoms with Gasteiger partial charge in [-0.05, 0) is 49.9 Å². The van der Waals surface area contributed by atoms with Crippen molar-refractivity contribution in [1.82, 2.24) is 4.98 Å². The standard InChI is InChI=1S/C21H23N3O4/c1-26-18-9-8-15(11-19(18)27-16-6-2-3-7-16)23-21(25)20-12-17(24-28-20)14-5-4-10-22-13-14/h4-5,8-11,13,16,20H,2-3,6-7,12H2,1H3,(H,23,25). The number of hydrogen-bond donors (Lipinski definition) is 1. The number of oxime groups is 1. The molecule has 1 atom stereocenters. The van der Waals surface area contributed by atoms with E-state index < -0.39 is 6.10 Å². The van der Waals surface area contributed by atoms with E-state index in [4.69, 9.17) is 14.3 Å². The number of nitrogens with zero attached hydrogens (tertiary/aromatic N) is 2. The Hall–Kier alpha value is -3.09. The molecular formula is C21H23N3O4. The molecule has 7 nitrogen and oxygen atoms in total. The second kappa shape index (κ2) is 8.29. The minimum Gasteiger partial charge on any atom is -0.493 e. The highest BCUT2D eigenvalue weighted by molar-refractivity contribution is 6.06. The van der Waals surface area contributed by atoms with Crippen molar-refractivity contribution in [2.24, 2.45) is 5.16 Å². The number of anilines is 1. The first-order chi connectivity index (χ1) is 13.7. The molecule has 1 N–H and O–H groups in total. The molecule has 1 fully saturated rings. The van der Waals surface area contributed by atoms with E-state index in [1.807, 2.05) is 12.1 Å². The summed E-state index contributed by atoms with van der Waals surface area (Å²) in [6, 6.07) is 9.11. The number of aromatic nitrogens is 1. The monoisotopic (exact) mass is 381 g/mol. The van der Waals surface area contributed by atoms with Crippen LogP contribution in [0.3, 0.4) is 0 Å². The van der Waals surface area contributed by atoms with Crippen LogP contribution in [0, 0.1) is 0 Å². The Morgan fingerprint density at radius 1 is 1.21 bits per heavy atom. The maximum absolute atomic E-state index is 12.6. The van der Waals surface area contributed by atoms with Crippen molar-refractivity contribution in [2.75, 3.05) is 12.4 Å². The first-order valence-electron chi connectivity index (χ1n) is 9.51. The number of carbonyl (C=O) groups is 1. The van der Waals surface area contributed by atoms with Crippen molar-refractivity contribution in [3.05, 3.63) is 48.3 Å². The number of nitrogens with one attached hydrogen (secondary N) is 1. The van der Waals surface area contributed by atoms with Gasteiger partial charge in [0.05, 0.1) is 18.9 Å². The van der Waals surface area contributed by atoms with Crippen LogP contribution in [0.1, 0.15) is 37.7 Å². The average Bonchev–Trinajstić information content (AvgIpc) is 3.41. The molecule has 1 aliphatic carbocycles. The third-order valence-electron chi connectivity index (χ3n) is 4.98. The lowest BCUT2D eigenvalue weighted by Gasteiger charge is -2.17. The van der Waals surface area contributed by atoms with Gasteiger partial charge in [-0.2, -0.15) is 0 Å². The molecule has 0 spiro atoms. The van der Waals surface area contributed by atoms with Crippen molar-refractivity contribution in [3.63, 3.8) is 0 Å². The molecule has 146 valence electrons. The van der Waals surface area contributed by atoms with Crippen LogP contribution in [0.4, 0.5) is 5.69 Å². The van der Waals surface area contributed by atoms with Gasteiger partial charge in [0, 0.05) is 36.1 Å². The molecular weight excluding hydrogens is 358 g/mol. The van der Waals surface area contributed by atoms with Crippen molar-refractivity contribution in [2.45, 2.75) is 44.3 Å². The molecule has 2 aliphatic rings. The predicted octanol–water partition coefficient (Wildman–Crippen LogP) is 3.54. The van der Waals surface area contributed by atoms with E-state index in [0.29, 0.717) is 29.3 Å². The van der Waals surface area contributed by atoms with E-state index in [-0.39, 0.29) is 12.0 Å². The average molecular weight is 381 g/mol. The third kappa shape index (κ3) is 4.08. The van der Waals surface area contributed by atoms with Crippen LogP contribution in [0.2, 0.25) is 0 Å². The second-order valence-electron chi connectivity index (χ2n) is 6.96. The van der Waals surface area contributed by atoms with Crippen LogP contribution in [0.25, 0.3) is 0 Å². The summed E-state index contributed by atoms with van der Waals surface area (Å²) in [5.41, 5.74) is 2.21. The summed E-state index contributed by atoms with van der Waals surface area (Å²) in [5.74, 6) is 1.05. The van der Waals surface area contributed by atoms with E-state index >= 15 is 0 Å². The lowest BCUT2D eigenvalue weighted by atomic mass is 10.1. The van der Waals surface area contributed by atoms with Crippen molar-refractivity contribution >= 4 is 17.3 Å². The van der Waals surface area contributed by atoms with Gasteiger partial charge in [-0.1, -0.05) is 5.16 Å².